The smallest absolute Gasteiger partial charge is 0.270 e. The number of aromatic nitrogens is 3. The molecule has 1 unspecified atom stereocenters. The molecule has 0 bridgehead atoms. The van der Waals surface area contributed by atoms with Crippen molar-refractivity contribution in [2.75, 3.05) is 29.3 Å². The molecule has 1 atom stereocenters. The number of aliphatic hydroxyl groups excluding tert-OH is 1. The van der Waals surface area contributed by atoms with E-state index >= 15 is 0 Å². The molecule has 0 spiro atoms. The summed E-state index contributed by atoms with van der Waals surface area (Å²) in [5, 5.41) is 17.4. The van der Waals surface area contributed by atoms with Crippen molar-refractivity contribution in [2.24, 2.45) is 0 Å². The van der Waals surface area contributed by atoms with Crippen LogP contribution in [0.5, 0.6) is 0 Å². The third-order valence-corrected chi connectivity index (χ3v) is 7.60. The predicted octanol–water partition coefficient (Wildman–Crippen LogP) is 3.13. The van der Waals surface area contributed by atoms with Crippen LogP contribution < -0.4 is 14.9 Å². The number of anilines is 3. The third kappa shape index (κ3) is 5.79. The minimum Gasteiger partial charge on any atom is -0.387 e. The summed E-state index contributed by atoms with van der Waals surface area (Å²) in [4.78, 5) is 10.4. The highest BCUT2D eigenvalue weighted by Crippen LogP contribution is 2.34. The van der Waals surface area contributed by atoms with Crippen molar-refractivity contribution in [3.63, 3.8) is 0 Å². The fourth-order valence-electron chi connectivity index (χ4n) is 4.27. The van der Waals surface area contributed by atoms with Crippen LogP contribution in [0.4, 0.5) is 17.3 Å². The predicted molar refractivity (Wildman–Crippen MR) is 139 cm³/mol. The molecule has 192 valence electrons. The fraction of sp³-hybridized carbons (Fsp3) is 0.269. The van der Waals surface area contributed by atoms with Crippen molar-refractivity contribution in [2.45, 2.75) is 30.8 Å². The van der Waals surface area contributed by atoms with Gasteiger partial charge in [0.2, 0.25) is 5.89 Å². The second-order valence-electron chi connectivity index (χ2n) is 8.86. The van der Waals surface area contributed by atoms with Gasteiger partial charge in [-0.2, -0.15) is 4.98 Å². The van der Waals surface area contributed by atoms with Gasteiger partial charge in [-0.1, -0.05) is 18.2 Å². The number of hydrogen-bond donors (Lipinski definition) is 3. The lowest BCUT2D eigenvalue weighted by Crippen LogP contribution is -2.23. The molecule has 2 aromatic heterocycles. The Kier molecular flexibility index (Phi) is 7.17. The number of rotatable bonds is 10. The molecule has 3 N–H and O–H groups in total. The van der Waals surface area contributed by atoms with Crippen LogP contribution in [-0.2, 0) is 22.9 Å². The van der Waals surface area contributed by atoms with Gasteiger partial charge in [0.25, 0.3) is 16.0 Å². The highest BCUT2D eigenvalue weighted by Gasteiger charge is 2.26. The quantitative estimate of drug-likeness (QED) is 0.270. The molecular formula is C26H28N6O4S. The van der Waals surface area contributed by atoms with Gasteiger partial charge in [-0.05, 0) is 72.1 Å². The van der Waals surface area contributed by atoms with Gasteiger partial charge >= 0.3 is 0 Å². The molecule has 3 heterocycles. The molecule has 0 saturated heterocycles. The average molecular weight is 521 g/mol. The average Bonchev–Trinajstić information content (AvgIpc) is 3.53. The Hall–Kier alpha value is -3.80. The lowest BCUT2D eigenvalue weighted by atomic mass is 10.1. The van der Waals surface area contributed by atoms with E-state index in [9.17, 15) is 13.5 Å². The summed E-state index contributed by atoms with van der Waals surface area (Å²) in [5.41, 5.74) is 4.12. The molecular weight excluding hydrogens is 492 g/mol. The van der Waals surface area contributed by atoms with Gasteiger partial charge in [0.05, 0.1) is 11.0 Å². The van der Waals surface area contributed by atoms with Crippen molar-refractivity contribution in [1.82, 2.24) is 20.4 Å². The monoisotopic (exact) mass is 520 g/mol. The van der Waals surface area contributed by atoms with Gasteiger partial charge in [0.15, 0.2) is 0 Å². The maximum Gasteiger partial charge on any atom is 0.270 e. The zero-order valence-corrected chi connectivity index (χ0v) is 21.1. The maximum atomic E-state index is 13.0. The van der Waals surface area contributed by atoms with E-state index in [1.54, 1.807) is 55.7 Å². The van der Waals surface area contributed by atoms with Crippen molar-refractivity contribution < 1.29 is 18.0 Å². The Morgan fingerprint density at radius 2 is 2.00 bits per heavy atom. The second-order valence-corrected chi connectivity index (χ2v) is 10.5. The lowest BCUT2D eigenvalue weighted by Gasteiger charge is -2.15. The minimum absolute atomic E-state index is 0.206. The minimum atomic E-state index is -3.75. The van der Waals surface area contributed by atoms with Gasteiger partial charge in [0.1, 0.15) is 0 Å². The Balaban J connectivity index is 1.16. The zero-order valence-electron chi connectivity index (χ0n) is 20.3. The number of nitrogens with zero attached hydrogens (tertiary/aromatic N) is 4. The molecule has 11 heteroatoms. The summed E-state index contributed by atoms with van der Waals surface area (Å²) < 4.78 is 33.8. The highest BCUT2D eigenvalue weighted by molar-refractivity contribution is 7.92. The number of pyridine rings is 1. The standard InChI is InChI=1S/C26H28N6O4S/c1-18-29-26(30-36-18)32-14-11-20-15-23(8-9-24(20)32)37(34,35)31-22-6-4-19(5-7-22)10-13-28-17-25(33)21-3-2-12-27-16-21/h2-9,12,15-16,25,28,31,33H,10-11,13-14,17H2,1H3. The Labute approximate surface area is 215 Å². The molecule has 4 aromatic rings. The van der Waals surface area contributed by atoms with Crippen LogP contribution in [-0.4, -0.2) is 48.3 Å². The van der Waals surface area contributed by atoms with Gasteiger partial charge in [-0.3, -0.25) is 9.71 Å². The number of aliphatic hydroxyl groups is 1. The number of nitrogens with one attached hydrogen (secondary N) is 2. The second kappa shape index (κ2) is 10.7. The fourth-order valence-corrected chi connectivity index (χ4v) is 5.38. The highest BCUT2D eigenvalue weighted by atomic mass is 32.2. The number of sulfonamides is 1. The summed E-state index contributed by atoms with van der Waals surface area (Å²) in [5.74, 6) is 0.957. The van der Waals surface area contributed by atoms with Gasteiger partial charge in [-0.25, -0.2) is 8.42 Å². The molecule has 1 aliphatic heterocycles. The first-order valence-corrected chi connectivity index (χ1v) is 13.5. The van der Waals surface area contributed by atoms with E-state index in [2.05, 4.69) is 25.2 Å². The molecule has 0 amide bonds. The summed E-state index contributed by atoms with van der Waals surface area (Å²) >= 11 is 0. The Morgan fingerprint density at radius 1 is 1.16 bits per heavy atom. The van der Waals surface area contributed by atoms with E-state index in [1.807, 2.05) is 23.1 Å². The van der Waals surface area contributed by atoms with Crippen molar-refractivity contribution >= 4 is 27.3 Å². The number of fused-ring (bicyclic) bond motifs is 1. The summed E-state index contributed by atoms with van der Waals surface area (Å²) in [6, 6.07) is 16.0. The first kappa shape index (κ1) is 24.9. The summed E-state index contributed by atoms with van der Waals surface area (Å²) in [7, 11) is -3.75. The van der Waals surface area contributed by atoms with Crippen LogP contribution in [0.15, 0.2) is 76.4 Å². The molecule has 0 aliphatic carbocycles. The topological polar surface area (TPSA) is 133 Å². The zero-order chi connectivity index (χ0) is 25.8. The number of hydrogen-bond acceptors (Lipinski definition) is 9. The van der Waals surface area contributed by atoms with E-state index < -0.39 is 16.1 Å². The Morgan fingerprint density at radius 3 is 2.73 bits per heavy atom. The first-order chi connectivity index (χ1) is 17.9. The van der Waals surface area contributed by atoms with Gasteiger partial charge in [0, 0.05) is 49.3 Å². The van der Waals surface area contributed by atoms with Crippen molar-refractivity contribution in [3.05, 3.63) is 89.6 Å². The van der Waals surface area contributed by atoms with Crippen LogP contribution in [0.2, 0.25) is 0 Å². The van der Waals surface area contributed by atoms with E-state index in [4.69, 9.17) is 4.52 Å². The molecule has 37 heavy (non-hydrogen) atoms. The largest absolute Gasteiger partial charge is 0.387 e. The molecule has 0 saturated carbocycles. The third-order valence-electron chi connectivity index (χ3n) is 6.22. The van der Waals surface area contributed by atoms with Crippen LogP contribution in [0, 0.1) is 6.92 Å². The number of benzene rings is 2. The summed E-state index contributed by atoms with van der Waals surface area (Å²) in [6.07, 6.45) is 4.14. The maximum absolute atomic E-state index is 13.0. The Bertz CT molecular complexity index is 1460. The molecule has 10 nitrogen and oxygen atoms in total. The molecule has 1 aliphatic rings. The molecule has 5 rings (SSSR count). The van der Waals surface area contributed by atoms with Crippen LogP contribution >= 0.6 is 0 Å². The normalized spacial score (nSPS) is 13.9. The van der Waals surface area contributed by atoms with E-state index in [-0.39, 0.29) is 4.90 Å². The first-order valence-electron chi connectivity index (χ1n) is 12.0. The van der Waals surface area contributed by atoms with Gasteiger partial charge < -0.3 is 19.8 Å². The lowest BCUT2D eigenvalue weighted by molar-refractivity contribution is 0.174. The summed E-state index contributed by atoms with van der Waals surface area (Å²) in [6.45, 7) is 3.49. The van der Waals surface area contributed by atoms with Gasteiger partial charge in [-0.15, -0.1) is 0 Å². The number of aryl methyl sites for hydroxylation is 1. The van der Waals surface area contributed by atoms with Crippen molar-refractivity contribution in [1.29, 1.82) is 0 Å². The van der Waals surface area contributed by atoms with E-state index in [1.165, 1.54) is 0 Å². The van der Waals surface area contributed by atoms with Crippen LogP contribution in [0.3, 0.4) is 0 Å². The van der Waals surface area contributed by atoms with Crippen molar-refractivity contribution in [3.8, 4) is 0 Å². The van der Waals surface area contributed by atoms with Crippen LogP contribution in [0.1, 0.15) is 28.7 Å². The molecule has 0 radical (unpaired) electrons. The van der Waals surface area contributed by atoms with Crippen LogP contribution in [0.25, 0.3) is 0 Å². The molecule has 0 fully saturated rings. The SMILES string of the molecule is Cc1nc(N2CCc3cc(S(=O)(=O)Nc4ccc(CCNCC(O)c5cccnc5)cc4)ccc32)no1. The van der Waals surface area contributed by atoms with E-state index in [0.717, 1.165) is 28.8 Å². The van der Waals surface area contributed by atoms with E-state index in [0.29, 0.717) is 43.6 Å². The molecule has 2 aromatic carbocycles.